The first-order chi connectivity index (χ1) is 13.7. The summed E-state index contributed by atoms with van der Waals surface area (Å²) in [5, 5.41) is 4.72. The number of hydrogen-bond acceptors (Lipinski definition) is 6. The Kier molecular flexibility index (Phi) is 5.21. The normalized spacial score (nSPS) is 16.6. The van der Waals surface area contributed by atoms with Gasteiger partial charge in [-0.2, -0.15) is 5.10 Å². The third kappa shape index (κ3) is 3.55. The highest BCUT2D eigenvalue weighted by Gasteiger charge is 2.31. The maximum Gasteiger partial charge on any atom is 0.227 e. The molecule has 1 saturated heterocycles. The molecule has 28 heavy (non-hydrogen) atoms. The van der Waals surface area contributed by atoms with E-state index in [-0.39, 0.29) is 11.8 Å². The smallest absolute Gasteiger partial charge is 0.227 e. The number of nitrogens with zero attached hydrogens (tertiary/aromatic N) is 5. The van der Waals surface area contributed by atoms with Gasteiger partial charge in [0.25, 0.3) is 0 Å². The fourth-order valence-corrected chi connectivity index (χ4v) is 3.72. The van der Waals surface area contributed by atoms with Crippen molar-refractivity contribution < 1.29 is 9.53 Å². The second-order valence-corrected chi connectivity index (χ2v) is 6.98. The van der Waals surface area contributed by atoms with Gasteiger partial charge in [0.05, 0.1) is 25.8 Å². The third-order valence-electron chi connectivity index (χ3n) is 5.18. The largest absolute Gasteiger partial charge is 0.497 e. The van der Waals surface area contributed by atoms with Gasteiger partial charge in [0, 0.05) is 37.9 Å². The van der Waals surface area contributed by atoms with Gasteiger partial charge < -0.3 is 15.4 Å². The highest BCUT2D eigenvalue weighted by atomic mass is 16.5. The van der Waals surface area contributed by atoms with Crippen LogP contribution < -0.4 is 10.5 Å². The molecule has 2 aromatic heterocycles. The molecular weight excluding hydrogens is 356 g/mol. The summed E-state index contributed by atoms with van der Waals surface area (Å²) in [4.78, 5) is 23.5. The van der Waals surface area contributed by atoms with E-state index in [4.69, 9.17) is 15.6 Å². The van der Waals surface area contributed by atoms with E-state index in [2.05, 4.69) is 9.97 Å². The second-order valence-electron chi connectivity index (χ2n) is 6.98. The molecule has 3 heterocycles. The Balaban J connectivity index is 1.48. The van der Waals surface area contributed by atoms with Gasteiger partial charge in [-0.1, -0.05) is 12.1 Å². The predicted octanol–water partition coefficient (Wildman–Crippen LogP) is 1.35. The maximum atomic E-state index is 12.7. The van der Waals surface area contributed by atoms with Crippen molar-refractivity contribution in [2.24, 2.45) is 5.73 Å². The molecule has 1 atom stereocenters. The zero-order valence-electron chi connectivity index (χ0n) is 15.9. The van der Waals surface area contributed by atoms with Crippen molar-refractivity contribution in [3.63, 3.8) is 0 Å². The number of amides is 1. The Labute approximate surface area is 163 Å². The summed E-state index contributed by atoms with van der Waals surface area (Å²) in [5.74, 6) is 1.08. The molecule has 4 rings (SSSR count). The predicted molar refractivity (Wildman–Crippen MR) is 105 cm³/mol. The van der Waals surface area contributed by atoms with E-state index in [0.29, 0.717) is 26.1 Å². The number of likely N-dealkylation sites (tertiary alicyclic amines) is 1. The van der Waals surface area contributed by atoms with Gasteiger partial charge in [-0.05, 0) is 24.1 Å². The van der Waals surface area contributed by atoms with E-state index in [9.17, 15) is 4.79 Å². The summed E-state index contributed by atoms with van der Waals surface area (Å²) in [6.45, 7) is 2.47. The van der Waals surface area contributed by atoms with Crippen LogP contribution >= 0.6 is 0 Å². The second kappa shape index (κ2) is 7.93. The van der Waals surface area contributed by atoms with Gasteiger partial charge >= 0.3 is 0 Å². The number of nitrogens with two attached hydrogens (primary N) is 1. The summed E-state index contributed by atoms with van der Waals surface area (Å²) in [6, 6.07) is 7.62. The Bertz CT molecular complexity index is 968. The highest BCUT2D eigenvalue weighted by Crippen LogP contribution is 2.30. The van der Waals surface area contributed by atoms with Crippen LogP contribution in [0.3, 0.4) is 0 Å². The Morgan fingerprint density at radius 3 is 2.79 bits per heavy atom. The molecule has 8 nitrogen and oxygen atoms in total. The molecule has 0 saturated carbocycles. The number of carbonyl (C=O) groups excluding carboxylic acids is 1. The SMILES string of the molecule is COc1ccc(CC(=O)N2CC[C@H](c3nn(CCN)c4nccnc34)C2)cc1. The lowest BCUT2D eigenvalue weighted by Crippen LogP contribution is -2.29. The van der Waals surface area contributed by atoms with Crippen LogP contribution in [-0.2, 0) is 17.8 Å². The number of fused-ring (bicyclic) bond motifs is 1. The van der Waals surface area contributed by atoms with Crippen molar-refractivity contribution in [1.29, 1.82) is 0 Å². The number of methoxy groups -OCH3 is 1. The molecule has 1 aromatic carbocycles. The Hall–Kier alpha value is -3.00. The number of aromatic nitrogens is 4. The molecule has 0 bridgehead atoms. The number of ether oxygens (including phenoxy) is 1. The molecule has 0 aliphatic carbocycles. The van der Waals surface area contributed by atoms with E-state index in [1.165, 1.54) is 0 Å². The molecule has 0 unspecified atom stereocenters. The molecule has 1 fully saturated rings. The minimum Gasteiger partial charge on any atom is -0.497 e. The van der Waals surface area contributed by atoms with E-state index < -0.39 is 0 Å². The molecule has 8 heteroatoms. The molecule has 1 aliphatic rings. The van der Waals surface area contributed by atoms with Crippen molar-refractivity contribution in [1.82, 2.24) is 24.6 Å². The minimum atomic E-state index is 0.129. The highest BCUT2D eigenvalue weighted by molar-refractivity contribution is 5.79. The zero-order chi connectivity index (χ0) is 19.5. The van der Waals surface area contributed by atoms with Crippen LogP contribution in [-0.4, -0.2) is 57.3 Å². The van der Waals surface area contributed by atoms with Crippen LogP contribution in [0.4, 0.5) is 0 Å². The average molecular weight is 380 g/mol. The van der Waals surface area contributed by atoms with Crippen molar-refractivity contribution >= 4 is 17.1 Å². The summed E-state index contributed by atoms with van der Waals surface area (Å²) in [5.41, 5.74) is 9.16. The monoisotopic (exact) mass is 380 g/mol. The van der Waals surface area contributed by atoms with E-state index in [1.807, 2.05) is 33.8 Å². The summed E-state index contributed by atoms with van der Waals surface area (Å²) < 4.78 is 6.99. The Morgan fingerprint density at radius 2 is 2.04 bits per heavy atom. The quantitative estimate of drug-likeness (QED) is 0.693. The van der Waals surface area contributed by atoms with Crippen LogP contribution in [0.5, 0.6) is 5.75 Å². The van der Waals surface area contributed by atoms with Gasteiger partial charge in [-0.3, -0.25) is 4.79 Å². The minimum absolute atomic E-state index is 0.129. The first kappa shape index (κ1) is 18.4. The standard InChI is InChI=1S/C20H24N6O2/c1-28-16-4-2-14(3-5-16)12-17(27)25-10-6-15(13-25)18-19-20(23-9-8-22-19)26(24-18)11-7-21/h2-5,8-9,15H,6-7,10-13,21H2,1H3/t15-/m0/s1. The summed E-state index contributed by atoms with van der Waals surface area (Å²) in [6.07, 6.45) is 4.61. The lowest BCUT2D eigenvalue weighted by atomic mass is 10.0. The lowest BCUT2D eigenvalue weighted by Gasteiger charge is -2.16. The molecule has 1 amide bonds. The molecule has 1 aliphatic heterocycles. The first-order valence-electron chi connectivity index (χ1n) is 9.47. The van der Waals surface area contributed by atoms with Crippen LogP contribution in [0.15, 0.2) is 36.7 Å². The van der Waals surface area contributed by atoms with Crippen LogP contribution in [0.2, 0.25) is 0 Å². The number of hydrogen-bond donors (Lipinski definition) is 1. The van der Waals surface area contributed by atoms with Gasteiger partial charge in [0.2, 0.25) is 5.91 Å². The summed E-state index contributed by atoms with van der Waals surface area (Å²) >= 11 is 0. The molecule has 2 N–H and O–H groups in total. The van der Waals surface area contributed by atoms with Crippen molar-refractivity contribution in [2.75, 3.05) is 26.7 Å². The van der Waals surface area contributed by atoms with Gasteiger partial charge in [-0.25, -0.2) is 14.6 Å². The third-order valence-corrected chi connectivity index (χ3v) is 5.18. The Morgan fingerprint density at radius 1 is 1.25 bits per heavy atom. The van der Waals surface area contributed by atoms with Crippen LogP contribution in [0.25, 0.3) is 11.2 Å². The fourth-order valence-electron chi connectivity index (χ4n) is 3.72. The van der Waals surface area contributed by atoms with Crippen molar-refractivity contribution in [3.8, 4) is 5.75 Å². The number of rotatable bonds is 6. The molecule has 0 spiro atoms. The van der Waals surface area contributed by atoms with E-state index >= 15 is 0 Å². The maximum absolute atomic E-state index is 12.7. The summed E-state index contributed by atoms with van der Waals surface area (Å²) in [7, 11) is 1.63. The van der Waals surface area contributed by atoms with Crippen LogP contribution in [0.1, 0.15) is 23.6 Å². The molecular formula is C20H24N6O2. The van der Waals surface area contributed by atoms with E-state index in [1.54, 1.807) is 19.5 Å². The molecule has 3 aromatic rings. The topological polar surface area (TPSA) is 99.2 Å². The van der Waals surface area contributed by atoms with E-state index in [0.717, 1.165) is 41.1 Å². The first-order valence-corrected chi connectivity index (χ1v) is 9.47. The lowest BCUT2D eigenvalue weighted by molar-refractivity contribution is -0.129. The molecule has 146 valence electrons. The fraction of sp³-hybridized carbons (Fsp3) is 0.400. The van der Waals surface area contributed by atoms with Gasteiger partial charge in [0.15, 0.2) is 5.65 Å². The van der Waals surface area contributed by atoms with Gasteiger partial charge in [0.1, 0.15) is 11.3 Å². The number of carbonyl (C=O) groups is 1. The van der Waals surface area contributed by atoms with Crippen molar-refractivity contribution in [2.45, 2.75) is 25.3 Å². The van der Waals surface area contributed by atoms with Crippen molar-refractivity contribution in [3.05, 3.63) is 47.9 Å². The average Bonchev–Trinajstić information content (AvgIpc) is 3.34. The van der Waals surface area contributed by atoms with Crippen LogP contribution in [0, 0.1) is 0 Å². The number of benzene rings is 1. The zero-order valence-corrected chi connectivity index (χ0v) is 15.9. The van der Waals surface area contributed by atoms with Gasteiger partial charge in [-0.15, -0.1) is 0 Å². The molecule has 0 radical (unpaired) electrons.